The molecule has 9 nitrogen and oxygen atoms in total. The third-order valence-electron chi connectivity index (χ3n) is 3.98. The molecular weight excluding hydrogens is 388 g/mol. The highest BCUT2D eigenvalue weighted by atomic mass is 16.7. The van der Waals surface area contributed by atoms with Crippen LogP contribution in [-0.4, -0.2) is 16.8 Å². The van der Waals surface area contributed by atoms with Crippen LogP contribution in [0.1, 0.15) is 26.3 Å². The van der Waals surface area contributed by atoms with E-state index in [0.29, 0.717) is 16.9 Å². The second kappa shape index (κ2) is 9.20. The number of carbonyl (C=O) groups excluding carboxylic acids is 2. The van der Waals surface area contributed by atoms with E-state index in [0.717, 1.165) is 11.6 Å². The number of azo groups is 1. The Morgan fingerprint density at radius 3 is 2.33 bits per heavy atom. The lowest BCUT2D eigenvalue weighted by molar-refractivity contribution is -0.384. The molecule has 0 aliphatic heterocycles. The van der Waals surface area contributed by atoms with Crippen molar-refractivity contribution in [3.8, 4) is 0 Å². The maximum Gasteiger partial charge on any atom is 0.363 e. The third kappa shape index (κ3) is 5.32. The summed E-state index contributed by atoms with van der Waals surface area (Å²) in [6, 6.07) is 18.5. The maximum absolute atomic E-state index is 12.0. The molecule has 0 atom stereocenters. The van der Waals surface area contributed by atoms with Gasteiger partial charge in [-0.15, -0.1) is 10.2 Å². The first-order valence-electron chi connectivity index (χ1n) is 8.77. The first-order valence-corrected chi connectivity index (χ1v) is 8.77. The van der Waals surface area contributed by atoms with E-state index in [1.54, 1.807) is 36.4 Å². The zero-order chi connectivity index (χ0) is 21.5. The Balaban J connectivity index is 1.57. The highest BCUT2D eigenvalue weighted by Crippen LogP contribution is 2.18. The molecule has 1 N–H and O–H groups in total. The molecule has 30 heavy (non-hydrogen) atoms. The van der Waals surface area contributed by atoms with Crippen molar-refractivity contribution in [2.24, 2.45) is 10.2 Å². The van der Waals surface area contributed by atoms with Gasteiger partial charge in [-0.2, -0.15) is 0 Å². The van der Waals surface area contributed by atoms with E-state index in [9.17, 15) is 19.7 Å². The predicted molar refractivity (Wildman–Crippen MR) is 109 cm³/mol. The number of nitrogens with one attached hydrogen (secondary N) is 1. The smallest absolute Gasteiger partial charge is 0.338 e. The molecule has 9 heteroatoms. The van der Waals surface area contributed by atoms with Gasteiger partial charge in [0.15, 0.2) is 0 Å². The average molecular weight is 404 g/mol. The number of aryl methyl sites for hydroxylation is 1. The second-order valence-electron chi connectivity index (χ2n) is 6.22. The second-order valence-corrected chi connectivity index (χ2v) is 6.22. The lowest BCUT2D eigenvalue weighted by Gasteiger charge is -2.06. The van der Waals surface area contributed by atoms with E-state index < -0.39 is 16.8 Å². The number of anilines is 1. The van der Waals surface area contributed by atoms with E-state index in [4.69, 9.17) is 4.84 Å². The van der Waals surface area contributed by atoms with Gasteiger partial charge in [-0.3, -0.25) is 14.9 Å². The molecule has 3 aromatic carbocycles. The monoisotopic (exact) mass is 404 g/mol. The molecular formula is C21H16N4O5. The molecule has 0 fully saturated rings. The van der Waals surface area contributed by atoms with Gasteiger partial charge in [-0.05, 0) is 49.4 Å². The Morgan fingerprint density at radius 1 is 0.967 bits per heavy atom. The lowest BCUT2D eigenvalue weighted by atomic mass is 10.1. The summed E-state index contributed by atoms with van der Waals surface area (Å²) in [4.78, 5) is 39.1. The van der Waals surface area contributed by atoms with Gasteiger partial charge >= 0.3 is 5.97 Å². The lowest BCUT2D eigenvalue weighted by Crippen LogP contribution is -2.10. The van der Waals surface area contributed by atoms with E-state index in [1.807, 2.05) is 19.1 Å². The molecule has 0 unspecified atom stereocenters. The molecule has 0 heterocycles. The molecule has 0 radical (unpaired) electrons. The summed E-state index contributed by atoms with van der Waals surface area (Å²) in [7, 11) is 0. The van der Waals surface area contributed by atoms with Crippen molar-refractivity contribution in [2.75, 3.05) is 5.48 Å². The number of hydrogen-bond donors (Lipinski definition) is 1. The highest BCUT2D eigenvalue weighted by molar-refractivity contribution is 5.94. The van der Waals surface area contributed by atoms with Crippen molar-refractivity contribution in [1.82, 2.24) is 0 Å². The van der Waals surface area contributed by atoms with Crippen molar-refractivity contribution >= 4 is 28.9 Å². The normalized spacial score (nSPS) is 10.6. The Kier molecular flexibility index (Phi) is 6.23. The van der Waals surface area contributed by atoms with Crippen LogP contribution in [0, 0.1) is 17.0 Å². The summed E-state index contributed by atoms with van der Waals surface area (Å²) in [6.45, 7) is 1.92. The summed E-state index contributed by atoms with van der Waals surface area (Å²) in [5, 5.41) is 18.4. The highest BCUT2D eigenvalue weighted by Gasteiger charge is 2.13. The first kappa shape index (κ1) is 20.3. The zero-order valence-electron chi connectivity index (χ0n) is 15.8. The number of nitrogens with zero attached hydrogens (tertiary/aromatic N) is 3. The molecule has 0 saturated carbocycles. The van der Waals surface area contributed by atoms with Gasteiger partial charge in [0.1, 0.15) is 0 Å². The fourth-order valence-electron chi connectivity index (χ4n) is 2.36. The van der Waals surface area contributed by atoms with Crippen LogP contribution in [0.2, 0.25) is 0 Å². The maximum atomic E-state index is 12.0. The minimum atomic E-state index is -0.772. The number of benzene rings is 3. The molecule has 0 spiro atoms. The van der Waals surface area contributed by atoms with Crippen molar-refractivity contribution in [3.05, 3.63) is 99.6 Å². The van der Waals surface area contributed by atoms with E-state index in [1.165, 1.54) is 18.2 Å². The molecule has 0 aromatic heterocycles. The van der Waals surface area contributed by atoms with Crippen LogP contribution in [0.5, 0.6) is 0 Å². The Hall–Kier alpha value is -4.40. The van der Waals surface area contributed by atoms with Gasteiger partial charge in [0.05, 0.1) is 21.9 Å². The summed E-state index contributed by atoms with van der Waals surface area (Å²) in [5.41, 5.74) is 4.64. The van der Waals surface area contributed by atoms with Crippen LogP contribution >= 0.6 is 0 Å². The van der Waals surface area contributed by atoms with Gasteiger partial charge in [-0.25, -0.2) is 10.3 Å². The number of carbonyl (C=O) groups is 2. The van der Waals surface area contributed by atoms with Crippen LogP contribution < -0.4 is 5.48 Å². The van der Waals surface area contributed by atoms with Crippen LogP contribution in [0.15, 0.2) is 83.0 Å². The molecule has 3 rings (SSSR count). The number of hydrogen-bond acceptors (Lipinski definition) is 7. The largest absolute Gasteiger partial charge is 0.363 e. The number of rotatable bonds is 6. The molecule has 0 bridgehead atoms. The quantitative estimate of drug-likeness (QED) is 0.350. The van der Waals surface area contributed by atoms with E-state index >= 15 is 0 Å². The minimum absolute atomic E-state index is 0.0386. The van der Waals surface area contributed by atoms with Gasteiger partial charge in [0, 0.05) is 17.7 Å². The Bertz CT molecular complexity index is 1110. The fraction of sp³-hybridized carbons (Fsp3) is 0.0476. The molecule has 0 aliphatic rings. The molecule has 1 amide bonds. The van der Waals surface area contributed by atoms with Gasteiger partial charge in [-0.1, -0.05) is 23.8 Å². The Morgan fingerprint density at radius 2 is 1.67 bits per heavy atom. The van der Waals surface area contributed by atoms with Crippen molar-refractivity contribution in [3.63, 3.8) is 0 Å². The van der Waals surface area contributed by atoms with Crippen LogP contribution in [-0.2, 0) is 4.84 Å². The first-order chi connectivity index (χ1) is 14.4. The van der Waals surface area contributed by atoms with E-state index in [-0.39, 0.29) is 11.3 Å². The topological polar surface area (TPSA) is 123 Å². The molecule has 0 saturated heterocycles. The van der Waals surface area contributed by atoms with Gasteiger partial charge < -0.3 is 4.84 Å². The zero-order valence-corrected chi connectivity index (χ0v) is 15.8. The predicted octanol–water partition coefficient (Wildman–Crippen LogP) is 5.01. The summed E-state index contributed by atoms with van der Waals surface area (Å²) in [6.07, 6.45) is 0. The molecule has 0 aliphatic carbocycles. The summed E-state index contributed by atoms with van der Waals surface area (Å²) in [5.74, 6) is -1.23. The van der Waals surface area contributed by atoms with Gasteiger partial charge in [0.25, 0.3) is 11.6 Å². The van der Waals surface area contributed by atoms with Crippen LogP contribution in [0.3, 0.4) is 0 Å². The van der Waals surface area contributed by atoms with Gasteiger partial charge in [0.2, 0.25) is 0 Å². The minimum Gasteiger partial charge on any atom is -0.338 e. The molecule has 3 aromatic rings. The standard InChI is InChI=1S/C21H16N4O5/c1-14-5-7-15(8-6-14)20(26)23-22-17-9-11-18(12-10-17)24-30-21(27)16-3-2-4-19(13-16)25(28)29/h2-13,24H,1H3. The van der Waals surface area contributed by atoms with Crippen molar-refractivity contribution < 1.29 is 19.3 Å². The number of nitro benzene ring substituents is 1. The average Bonchev–Trinajstić information content (AvgIpc) is 2.77. The number of non-ortho nitro benzene ring substituents is 1. The fourth-order valence-corrected chi connectivity index (χ4v) is 2.36. The summed E-state index contributed by atoms with van der Waals surface area (Å²) >= 11 is 0. The van der Waals surface area contributed by atoms with Crippen LogP contribution in [0.4, 0.5) is 17.1 Å². The Labute approximate surface area is 171 Å². The SMILES string of the molecule is Cc1ccc(C(=O)N=Nc2ccc(NOC(=O)c3cccc([N+](=O)[O-])c3)cc2)cc1. The van der Waals surface area contributed by atoms with Crippen molar-refractivity contribution in [1.29, 1.82) is 0 Å². The third-order valence-corrected chi connectivity index (χ3v) is 3.98. The van der Waals surface area contributed by atoms with Crippen LogP contribution in [0.25, 0.3) is 0 Å². The number of nitro groups is 1. The molecule has 150 valence electrons. The van der Waals surface area contributed by atoms with E-state index in [2.05, 4.69) is 15.7 Å². The summed E-state index contributed by atoms with van der Waals surface area (Å²) < 4.78 is 0. The van der Waals surface area contributed by atoms with Crippen molar-refractivity contribution in [2.45, 2.75) is 6.92 Å². The number of amides is 1.